The quantitative estimate of drug-likeness (QED) is 0.451. The van der Waals surface area contributed by atoms with E-state index in [4.69, 9.17) is 15.2 Å². The zero-order valence-electron chi connectivity index (χ0n) is 13.2. The summed E-state index contributed by atoms with van der Waals surface area (Å²) in [6.07, 6.45) is 3.01. The summed E-state index contributed by atoms with van der Waals surface area (Å²) in [5.41, 5.74) is 7.29. The molecule has 5 nitrogen and oxygen atoms in total. The van der Waals surface area contributed by atoms with Crippen molar-refractivity contribution in [2.24, 2.45) is 10.7 Å². The number of rotatable bonds is 8. The highest BCUT2D eigenvalue weighted by molar-refractivity contribution is 5.78. The molecule has 2 N–H and O–H groups in total. The maximum Gasteiger partial charge on any atom is 0.191 e. The average molecular weight is 305 g/mol. The van der Waals surface area contributed by atoms with Crippen molar-refractivity contribution in [2.75, 3.05) is 46.1 Å². The summed E-state index contributed by atoms with van der Waals surface area (Å²) in [7, 11) is 0. The van der Waals surface area contributed by atoms with Crippen LogP contribution in [0.2, 0.25) is 0 Å². The van der Waals surface area contributed by atoms with Crippen LogP contribution >= 0.6 is 0 Å². The molecule has 0 unspecified atom stereocenters. The Labute approximate surface area is 133 Å². The van der Waals surface area contributed by atoms with Gasteiger partial charge in [-0.2, -0.15) is 0 Å². The molecule has 0 atom stereocenters. The number of morpholine rings is 1. The van der Waals surface area contributed by atoms with Gasteiger partial charge >= 0.3 is 0 Å². The number of unbranched alkanes of at least 4 members (excludes halogenated alkanes) is 1. The summed E-state index contributed by atoms with van der Waals surface area (Å²) in [5, 5.41) is 0. The molecular formula is C17H27N3O2. The third-order valence-corrected chi connectivity index (χ3v) is 3.68. The Hall–Kier alpha value is -1.59. The van der Waals surface area contributed by atoms with Crippen molar-refractivity contribution >= 4 is 5.96 Å². The molecule has 1 aliphatic heterocycles. The Kier molecular flexibility index (Phi) is 7.77. The second-order valence-electron chi connectivity index (χ2n) is 5.39. The van der Waals surface area contributed by atoms with Crippen LogP contribution in [0.15, 0.2) is 35.3 Å². The topological polar surface area (TPSA) is 60.1 Å². The Balaban J connectivity index is 1.47. The Bertz CT molecular complexity index is 431. The van der Waals surface area contributed by atoms with Crippen LogP contribution in [0, 0.1) is 0 Å². The summed E-state index contributed by atoms with van der Waals surface area (Å²) >= 11 is 0. The maximum absolute atomic E-state index is 5.96. The maximum atomic E-state index is 5.96. The first-order valence-corrected chi connectivity index (χ1v) is 8.10. The van der Waals surface area contributed by atoms with Gasteiger partial charge in [0.05, 0.1) is 19.8 Å². The number of nitrogens with zero attached hydrogens (tertiary/aromatic N) is 2. The van der Waals surface area contributed by atoms with Gasteiger partial charge in [-0.1, -0.05) is 30.3 Å². The fourth-order valence-corrected chi connectivity index (χ4v) is 2.34. The molecule has 0 aromatic heterocycles. The van der Waals surface area contributed by atoms with Crippen molar-refractivity contribution in [3.05, 3.63) is 35.9 Å². The molecule has 0 spiro atoms. The van der Waals surface area contributed by atoms with E-state index >= 15 is 0 Å². The first-order chi connectivity index (χ1) is 10.9. The van der Waals surface area contributed by atoms with Gasteiger partial charge in [0.1, 0.15) is 0 Å². The molecule has 0 aliphatic carbocycles. The summed E-state index contributed by atoms with van der Waals surface area (Å²) in [6.45, 7) is 5.51. The first kappa shape index (κ1) is 16.8. The number of hydrogen-bond donors (Lipinski definition) is 1. The van der Waals surface area contributed by atoms with Crippen LogP contribution < -0.4 is 5.73 Å². The van der Waals surface area contributed by atoms with E-state index in [0.29, 0.717) is 5.96 Å². The highest BCUT2D eigenvalue weighted by Crippen LogP contribution is 2.01. The van der Waals surface area contributed by atoms with E-state index in [-0.39, 0.29) is 0 Å². The number of guanidine groups is 1. The Morgan fingerprint density at radius 1 is 1.14 bits per heavy atom. The van der Waals surface area contributed by atoms with Crippen LogP contribution in [0.1, 0.15) is 18.4 Å². The van der Waals surface area contributed by atoms with Crippen molar-refractivity contribution in [2.45, 2.75) is 19.3 Å². The normalized spacial score (nSPS) is 16.0. The van der Waals surface area contributed by atoms with Gasteiger partial charge in [-0.15, -0.1) is 0 Å². The number of benzene rings is 1. The monoisotopic (exact) mass is 305 g/mol. The zero-order valence-corrected chi connectivity index (χ0v) is 13.2. The molecule has 0 bridgehead atoms. The van der Waals surface area contributed by atoms with Crippen molar-refractivity contribution in [1.82, 2.24) is 4.90 Å². The van der Waals surface area contributed by atoms with E-state index in [2.05, 4.69) is 34.2 Å². The van der Waals surface area contributed by atoms with E-state index in [9.17, 15) is 0 Å². The number of hydrogen-bond acceptors (Lipinski definition) is 3. The van der Waals surface area contributed by atoms with Gasteiger partial charge in [-0.05, 0) is 24.8 Å². The number of ether oxygens (including phenoxy) is 2. The minimum absolute atomic E-state index is 0.647. The van der Waals surface area contributed by atoms with Crippen LogP contribution in [0.5, 0.6) is 0 Å². The Morgan fingerprint density at radius 2 is 1.91 bits per heavy atom. The van der Waals surface area contributed by atoms with Crippen LogP contribution in [0.3, 0.4) is 0 Å². The van der Waals surface area contributed by atoms with Gasteiger partial charge in [0.2, 0.25) is 0 Å². The molecule has 1 aromatic carbocycles. The molecule has 0 saturated carbocycles. The van der Waals surface area contributed by atoms with Crippen molar-refractivity contribution in [1.29, 1.82) is 0 Å². The van der Waals surface area contributed by atoms with Gasteiger partial charge in [-0.25, -0.2) is 0 Å². The van der Waals surface area contributed by atoms with Gasteiger partial charge in [0.15, 0.2) is 5.96 Å². The van der Waals surface area contributed by atoms with E-state index in [1.54, 1.807) is 0 Å². The number of aliphatic imine (C=N–C) groups is 1. The summed E-state index contributed by atoms with van der Waals surface area (Å²) in [6, 6.07) is 10.4. The minimum atomic E-state index is 0.647. The first-order valence-electron chi connectivity index (χ1n) is 8.10. The molecule has 1 fully saturated rings. The molecule has 122 valence electrons. The highest BCUT2D eigenvalue weighted by atomic mass is 16.5. The van der Waals surface area contributed by atoms with Gasteiger partial charge in [0.25, 0.3) is 0 Å². The lowest BCUT2D eigenvalue weighted by Gasteiger charge is -2.27. The van der Waals surface area contributed by atoms with E-state index in [0.717, 1.165) is 65.3 Å². The van der Waals surface area contributed by atoms with Gasteiger partial charge in [-0.3, -0.25) is 4.99 Å². The molecule has 1 heterocycles. The van der Waals surface area contributed by atoms with Gasteiger partial charge in [0, 0.05) is 26.2 Å². The summed E-state index contributed by atoms with van der Waals surface area (Å²) in [5.74, 6) is 0.647. The summed E-state index contributed by atoms with van der Waals surface area (Å²) in [4.78, 5) is 6.51. The van der Waals surface area contributed by atoms with E-state index in [1.807, 2.05) is 6.07 Å². The second-order valence-corrected chi connectivity index (χ2v) is 5.39. The molecule has 22 heavy (non-hydrogen) atoms. The lowest BCUT2D eigenvalue weighted by atomic mass is 10.2. The largest absolute Gasteiger partial charge is 0.381 e. The second kappa shape index (κ2) is 10.2. The predicted octanol–water partition coefficient (Wildman–Crippen LogP) is 1.67. The SMILES string of the molecule is NC(=NCCCCOCCc1ccccc1)N1CCOCC1. The standard InChI is InChI=1S/C17H27N3O2/c18-17(20-10-14-22-15-11-20)19-9-4-5-12-21-13-8-16-6-2-1-3-7-16/h1-3,6-7H,4-5,8-15H2,(H2,18,19). The molecule has 0 amide bonds. The smallest absolute Gasteiger partial charge is 0.191 e. The highest BCUT2D eigenvalue weighted by Gasteiger charge is 2.11. The lowest BCUT2D eigenvalue weighted by Crippen LogP contribution is -2.44. The van der Waals surface area contributed by atoms with Crippen LogP contribution in [0.4, 0.5) is 0 Å². The van der Waals surface area contributed by atoms with Crippen LogP contribution in [-0.2, 0) is 15.9 Å². The predicted molar refractivity (Wildman–Crippen MR) is 89.1 cm³/mol. The minimum Gasteiger partial charge on any atom is -0.381 e. The molecular weight excluding hydrogens is 278 g/mol. The molecule has 1 saturated heterocycles. The molecule has 1 aliphatic rings. The molecule has 1 aromatic rings. The fraction of sp³-hybridized carbons (Fsp3) is 0.588. The third kappa shape index (κ3) is 6.45. The summed E-state index contributed by atoms with van der Waals surface area (Å²) < 4.78 is 10.9. The Morgan fingerprint density at radius 3 is 2.68 bits per heavy atom. The van der Waals surface area contributed by atoms with E-state index < -0.39 is 0 Å². The fourth-order valence-electron chi connectivity index (χ4n) is 2.34. The van der Waals surface area contributed by atoms with Crippen molar-refractivity contribution in [3.63, 3.8) is 0 Å². The number of nitrogens with two attached hydrogens (primary N) is 1. The van der Waals surface area contributed by atoms with Crippen LogP contribution in [0.25, 0.3) is 0 Å². The molecule has 2 rings (SSSR count). The zero-order chi connectivity index (χ0) is 15.5. The van der Waals surface area contributed by atoms with Gasteiger partial charge < -0.3 is 20.1 Å². The average Bonchev–Trinajstić information content (AvgIpc) is 2.59. The third-order valence-electron chi connectivity index (χ3n) is 3.68. The van der Waals surface area contributed by atoms with Crippen LogP contribution in [-0.4, -0.2) is 56.9 Å². The molecule has 0 radical (unpaired) electrons. The van der Waals surface area contributed by atoms with E-state index in [1.165, 1.54) is 5.56 Å². The van der Waals surface area contributed by atoms with Crippen molar-refractivity contribution in [3.8, 4) is 0 Å². The lowest BCUT2D eigenvalue weighted by molar-refractivity contribution is 0.0674. The molecule has 5 heteroatoms. The van der Waals surface area contributed by atoms with Crippen molar-refractivity contribution < 1.29 is 9.47 Å².